The first-order chi connectivity index (χ1) is 8.19. The molecule has 2 atom stereocenters. The Hall–Kier alpha value is -1.12. The highest BCUT2D eigenvalue weighted by atomic mass is 16.4. The summed E-state index contributed by atoms with van der Waals surface area (Å²) >= 11 is 0. The van der Waals surface area contributed by atoms with Gasteiger partial charge < -0.3 is 10.4 Å². The highest BCUT2D eigenvalue weighted by Crippen LogP contribution is 2.28. The zero-order chi connectivity index (χ0) is 12.3. The summed E-state index contributed by atoms with van der Waals surface area (Å²) in [6, 6.07) is 2.32. The predicted molar refractivity (Wildman–Crippen MR) is 62.3 cm³/mol. The zero-order valence-electron chi connectivity index (χ0n) is 9.93. The molecule has 2 rings (SSSR count). The lowest BCUT2D eigenvalue weighted by atomic mass is 9.94. The second-order valence-electron chi connectivity index (χ2n) is 5.17. The van der Waals surface area contributed by atoms with E-state index in [0.717, 1.165) is 19.0 Å². The molecule has 94 valence electrons. The zero-order valence-corrected chi connectivity index (χ0v) is 9.93. The van der Waals surface area contributed by atoms with Crippen LogP contribution in [0.5, 0.6) is 0 Å². The van der Waals surface area contributed by atoms with Crippen molar-refractivity contribution in [3.8, 4) is 6.07 Å². The molecule has 1 aliphatic heterocycles. The molecule has 0 aromatic rings. The molecule has 1 saturated carbocycles. The Balaban J connectivity index is 1.85. The molecule has 0 amide bonds. The SMILES string of the molecule is N#CCN1CC(NCC2CC2)CC(C(=O)O)C1. The van der Waals surface area contributed by atoms with E-state index in [4.69, 9.17) is 10.4 Å². The number of carboxylic acids is 1. The first-order valence-corrected chi connectivity index (χ1v) is 6.24. The fourth-order valence-corrected chi connectivity index (χ4v) is 2.40. The standard InChI is InChI=1S/C12H19N3O2/c13-3-4-15-7-10(12(16)17)5-11(8-15)14-6-9-1-2-9/h9-11,14H,1-2,4-8H2,(H,16,17). The predicted octanol–water partition coefficient (Wildman–Crippen LogP) is 0.285. The molecule has 0 bridgehead atoms. The molecule has 1 aliphatic carbocycles. The lowest BCUT2D eigenvalue weighted by Crippen LogP contribution is -2.51. The van der Waals surface area contributed by atoms with Crippen LogP contribution in [0.25, 0.3) is 0 Å². The van der Waals surface area contributed by atoms with Gasteiger partial charge in [-0.15, -0.1) is 0 Å². The van der Waals surface area contributed by atoms with Gasteiger partial charge in [-0.2, -0.15) is 5.26 Å². The summed E-state index contributed by atoms with van der Waals surface area (Å²) < 4.78 is 0. The summed E-state index contributed by atoms with van der Waals surface area (Å²) in [7, 11) is 0. The van der Waals surface area contributed by atoms with E-state index >= 15 is 0 Å². The van der Waals surface area contributed by atoms with Gasteiger partial charge in [0, 0.05) is 19.1 Å². The fourth-order valence-electron chi connectivity index (χ4n) is 2.40. The highest BCUT2D eigenvalue weighted by molar-refractivity contribution is 5.70. The molecular weight excluding hydrogens is 218 g/mol. The van der Waals surface area contributed by atoms with Gasteiger partial charge in [0.05, 0.1) is 18.5 Å². The number of nitriles is 1. The molecule has 1 heterocycles. The summed E-state index contributed by atoms with van der Waals surface area (Å²) in [6.07, 6.45) is 3.28. The van der Waals surface area contributed by atoms with Gasteiger partial charge in [-0.3, -0.25) is 9.69 Å². The Morgan fingerprint density at radius 3 is 2.82 bits per heavy atom. The van der Waals surface area contributed by atoms with Gasteiger partial charge >= 0.3 is 5.97 Å². The molecule has 1 saturated heterocycles. The largest absolute Gasteiger partial charge is 0.481 e. The minimum atomic E-state index is -0.745. The number of nitrogens with zero attached hydrogens (tertiary/aromatic N) is 2. The molecular formula is C12H19N3O2. The minimum absolute atomic E-state index is 0.221. The van der Waals surface area contributed by atoms with Crippen LogP contribution in [0, 0.1) is 23.2 Å². The van der Waals surface area contributed by atoms with E-state index in [0.29, 0.717) is 19.5 Å². The Morgan fingerprint density at radius 1 is 1.47 bits per heavy atom. The second-order valence-corrected chi connectivity index (χ2v) is 5.17. The van der Waals surface area contributed by atoms with Crippen LogP contribution in [-0.2, 0) is 4.79 Å². The molecule has 2 unspecified atom stereocenters. The van der Waals surface area contributed by atoms with Crippen molar-refractivity contribution in [3.05, 3.63) is 0 Å². The maximum atomic E-state index is 11.1. The van der Waals surface area contributed by atoms with Crippen LogP contribution in [0.2, 0.25) is 0 Å². The lowest BCUT2D eigenvalue weighted by Gasteiger charge is -2.35. The van der Waals surface area contributed by atoms with Gasteiger partial charge in [0.25, 0.3) is 0 Å². The summed E-state index contributed by atoms with van der Waals surface area (Å²) in [6.45, 7) is 2.62. The Bertz CT molecular complexity index is 322. The van der Waals surface area contributed by atoms with Crippen LogP contribution in [0.4, 0.5) is 0 Å². The summed E-state index contributed by atoms with van der Waals surface area (Å²) in [5, 5.41) is 21.2. The Labute approximate surface area is 101 Å². The Kier molecular flexibility index (Phi) is 3.97. The molecule has 2 aliphatic rings. The number of nitrogens with one attached hydrogen (secondary N) is 1. The molecule has 2 fully saturated rings. The maximum absolute atomic E-state index is 11.1. The van der Waals surface area contributed by atoms with Crippen LogP contribution >= 0.6 is 0 Å². The van der Waals surface area contributed by atoms with Gasteiger partial charge in [-0.1, -0.05) is 0 Å². The number of carbonyl (C=O) groups is 1. The van der Waals surface area contributed by atoms with Gasteiger partial charge in [0.1, 0.15) is 0 Å². The molecule has 0 spiro atoms. The number of rotatable bonds is 5. The average molecular weight is 237 g/mol. The highest BCUT2D eigenvalue weighted by Gasteiger charge is 2.32. The van der Waals surface area contributed by atoms with E-state index in [-0.39, 0.29) is 12.0 Å². The number of piperidine rings is 1. The maximum Gasteiger partial charge on any atom is 0.307 e. The van der Waals surface area contributed by atoms with Crippen molar-refractivity contribution in [1.82, 2.24) is 10.2 Å². The normalized spacial score (nSPS) is 29.8. The molecule has 5 nitrogen and oxygen atoms in total. The Morgan fingerprint density at radius 2 is 2.24 bits per heavy atom. The van der Waals surface area contributed by atoms with E-state index in [1.54, 1.807) is 0 Å². The van der Waals surface area contributed by atoms with Crippen molar-refractivity contribution < 1.29 is 9.90 Å². The number of hydrogen-bond acceptors (Lipinski definition) is 4. The van der Waals surface area contributed by atoms with Crippen LogP contribution in [0.3, 0.4) is 0 Å². The second kappa shape index (κ2) is 5.48. The number of carboxylic acid groups (broad SMARTS) is 1. The summed E-state index contributed by atoms with van der Waals surface area (Å²) in [5.74, 6) is -0.288. The van der Waals surface area contributed by atoms with Crippen LogP contribution in [0.1, 0.15) is 19.3 Å². The van der Waals surface area contributed by atoms with Crippen molar-refractivity contribution in [2.45, 2.75) is 25.3 Å². The van der Waals surface area contributed by atoms with Crippen LogP contribution in [-0.4, -0.2) is 48.2 Å². The average Bonchev–Trinajstić information content (AvgIpc) is 3.10. The minimum Gasteiger partial charge on any atom is -0.481 e. The molecule has 5 heteroatoms. The monoisotopic (exact) mass is 237 g/mol. The van der Waals surface area contributed by atoms with E-state index in [1.807, 2.05) is 4.90 Å². The lowest BCUT2D eigenvalue weighted by molar-refractivity contribution is -0.143. The third-order valence-electron chi connectivity index (χ3n) is 3.56. The first-order valence-electron chi connectivity index (χ1n) is 6.24. The van der Waals surface area contributed by atoms with Gasteiger partial charge in [-0.05, 0) is 31.7 Å². The van der Waals surface area contributed by atoms with E-state index in [2.05, 4.69) is 11.4 Å². The molecule has 0 aromatic heterocycles. The third kappa shape index (κ3) is 3.69. The van der Waals surface area contributed by atoms with Crippen LogP contribution in [0.15, 0.2) is 0 Å². The van der Waals surface area contributed by atoms with E-state index in [1.165, 1.54) is 12.8 Å². The first kappa shape index (κ1) is 12.3. The van der Waals surface area contributed by atoms with Crippen molar-refractivity contribution in [2.75, 3.05) is 26.2 Å². The van der Waals surface area contributed by atoms with Crippen molar-refractivity contribution in [1.29, 1.82) is 5.26 Å². The van der Waals surface area contributed by atoms with Crippen molar-refractivity contribution >= 4 is 5.97 Å². The van der Waals surface area contributed by atoms with Gasteiger partial charge in [0.2, 0.25) is 0 Å². The van der Waals surface area contributed by atoms with Crippen molar-refractivity contribution in [2.24, 2.45) is 11.8 Å². The number of hydrogen-bond donors (Lipinski definition) is 2. The van der Waals surface area contributed by atoms with Gasteiger partial charge in [0.15, 0.2) is 0 Å². The topological polar surface area (TPSA) is 76.4 Å². The molecule has 0 aromatic carbocycles. The fraction of sp³-hybridized carbons (Fsp3) is 0.833. The van der Waals surface area contributed by atoms with E-state index in [9.17, 15) is 4.79 Å². The smallest absolute Gasteiger partial charge is 0.307 e. The summed E-state index contributed by atoms with van der Waals surface area (Å²) in [4.78, 5) is 13.0. The number of likely N-dealkylation sites (tertiary alicyclic amines) is 1. The van der Waals surface area contributed by atoms with Gasteiger partial charge in [-0.25, -0.2) is 0 Å². The number of aliphatic carboxylic acids is 1. The van der Waals surface area contributed by atoms with Crippen LogP contribution < -0.4 is 5.32 Å². The molecule has 2 N–H and O–H groups in total. The molecule has 0 radical (unpaired) electrons. The molecule has 17 heavy (non-hydrogen) atoms. The van der Waals surface area contributed by atoms with Crippen molar-refractivity contribution in [3.63, 3.8) is 0 Å². The quantitative estimate of drug-likeness (QED) is 0.672. The van der Waals surface area contributed by atoms with E-state index < -0.39 is 5.97 Å². The summed E-state index contributed by atoms with van der Waals surface area (Å²) in [5.41, 5.74) is 0. The third-order valence-corrected chi connectivity index (χ3v) is 3.56.